The maximum atomic E-state index is 14.0. The number of nitrogens with zero attached hydrogens (tertiary/aromatic N) is 9. The first-order valence-electron chi connectivity index (χ1n) is 25.8. The fourth-order valence-electron chi connectivity index (χ4n) is 9.09. The summed E-state index contributed by atoms with van der Waals surface area (Å²) in [5.41, 5.74) is 8.41. The van der Waals surface area contributed by atoms with E-state index in [0.717, 1.165) is 54.9 Å². The summed E-state index contributed by atoms with van der Waals surface area (Å²) < 4.78 is 26.1. The Hall–Kier alpha value is -6.31. The average molecular weight is 1130 g/mol. The zero-order chi connectivity index (χ0) is 55.5. The number of β-amino-alcohol motifs (C(OH)–C–C–N with tert-alkyl or cyclic N) is 1. The molecule has 416 valence electrons. The van der Waals surface area contributed by atoms with Gasteiger partial charge in [-0.05, 0) is 61.9 Å². The second-order valence-electron chi connectivity index (χ2n) is 20.2. The fraction of sp³-hybridized carbons (Fsp3) is 0.481. The van der Waals surface area contributed by atoms with E-state index in [4.69, 9.17) is 35.5 Å². The van der Waals surface area contributed by atoms with Crippen LogP contribution in [0.5, 0.6) is 0 Å². The van der Waals surface area contributed by atoms with Crippen molar-refractivity contribution in [2.24, 2.45) is 10.4 Å². The van der Waals surface area contributed by atoms with E-state index in [-0.39, 0.29) is 64.2 Å². The van der Waals surface area contributed by atoms with Crippen LogP contribution in [0.1, 0.15) is 89.8 Å². The van der Waals surface area contributed by atoms with Gasteiger partial charge in [0, 0.05) is 47.1 Å². The molecule has 6 heterocycles. The molecule has 21 nitrogen and oxygen atoms in total. The Morgan fingerprint density at radius 3 is 2.24 bits per heavy atom. The average Bonchev–Trinajstić information content (AvgIpc) is 4.30. The predicted molar refractivity (Wildman–Crippen MR) is 295 cm³/mol. The minimum atomic E-state index is -0.980. The third-order valence-corrected chi connectivity index (χ3v) is 15.7. The minimum absolute atomic E-state index is 0.0268. The van der Waals surface area contributed by atoms with Crippen molar-refractivity contribution in [2.75, 3.05) is 59.3 Å². The number of aryl methyl sites for hydroxylation is 3. The van der Waals surface area contributed by atoms with Crippen molar-refractivity contribution in [2.45, 2.75) is 105 Å². The van der Waals surface area contributed by atoms with Gasteiger partial charge in [-0.3, -0.25) is 33.4 Å². The first kappa shape index (κ1) is 57.9. The lowest BCUT2D eigenvalue weighted by molar-refractivity contribution is -0.144. The molecule has 0 bridgehead atoms. The number of carbonyl (C=O) groups excluding carboxylic acids is 4. The van der Waals surface area contributed by atoms with Crippen LogP contribution in [0, 0.1) is 33.1 Å². The number of fused-ring (bicyclic) bond motifs is 3. The molecule has 0 spiro atoms. The fourth-order valence-corrected chi connectivity index (χ4v) is 11.2. The van der Waals surface area contributed by atoms with Crippen molar-refractivity contribution in [1.82, 2.24) is 55.6 Å². The SMILES string of the molecule is Cc1ncsc1-c1ccc(CNC(=O)[C@@H]2C[C@@H](O)CN2C(=O)[C@@H](NC(=O)COCCOCCOCCOCc2cn(CCNC(=O)C[C@@H]3N=C(c4ccc(Cl)cc4)c4c(sc(C)c4C)-n4c(C)nnc43)nn2)C(C)(C)C)cc1. The smallest absolute Gasteiger partial charge is 0.246 e. The number of hydrogen-bond acceptors (Lipinski definition) is 17. The highest BCUT2D eigenvalue weighted by Gasteiger charge is 2.44. The number of amides is 4. The number of thiazole rings is 1. The number of benzene rings is 2. The molecule has 4 N–H and O–H groups in total. The quantitative estimate of drug-likeness (QED) is 0.0524. The Kier molecular flexibility index (Phi) is 19.7. The van der Waals surface area contributed by atoms with Gasteiger partial charge in [0.05, 0.1) is 93.3 Å². The Labute approximate surface area is 466 Å². The monoisotopic (exact) mass is 1130 g/mol. The third-order valence-electron chi connectivity index (χ3n) is 13.3. The molecule has 0 aliphatic carbocycles. The molecule has 4 amide bonds. The van der Waals surface area contributed by atoms with Crippen molar-refractivity contribution in [3.8, 4) is 15.4 Å². The van der Waals surface area contributed by atoms with Crippen LogP contribution in [-0.2, 0) is 57.8 Å². The van der Waals surface area contributed by atoms with Gasteiger partial charge in [-0.25, -0.2) is 4.98 Å². The number of thiophene rings is 1. The normalized spacial score (nSPS) is 16.6. The Balaban J connectivity index is 0.678. The third kappa shape index (κ3) is 14.7. The molecule has 2 aliphatic rings. The second kappa shape index (κ2) is 26.6. The van der Waals surface area contributed by atoms with Gasteiger partial charge >= 0.3 is 0 Å². The van der Waals surface area contributed by atoms with Gasteiger partial charge < -0.3 is 44.9 Å². The number of hydrogen-bond donors (Lipinski definition) is 4. The van der Waals surface area contributed by atoms with Crippen LogP contribution >= 0.6 is 34.3 Å². The molecule has 1 saturated heterocycles. The number of aliphatic hydroxyl groups is 1. The van der Waals surface area contributed by atoms with Crippen LogP contribution in [0.2, 0.25) is 5.02 Å². The van der Waals surface area contributed by atoms with Crippen LogP contribution in [-0.4, -0.2) is 152 Å². The van der Waals surface area contributed by atoms with Crippen LogP contribution in [0.4, 0.5) is 0 Å². The molecule has 24 heteroatoms. The van der Waals surface area contributed by atoms with Gasteiger partial charge in [-0.15, -0.1) is 38.0 Å². The van der Waals surface area contributed by atoms with Crippen molar-refractivity contribution < 1.29 is 43.2 Å². The van der Waals surface area contributed by atoms with Crippen LogP contribution in [0.25, 0.3) is 15.4 Å². The molecule has 78 heavy (non-hydrogen) atoms. The zero-order valence-electron chi connectivity index (χ0n) is 44.9. The Morgan fingerprint density at radius 2 is 1.55 bits per heavy atom. The summed E-state index contributed by atoms with van der Waals surface area (Å²) in [5.74, 6) is -0.191. The minimum Gasteiger partial charge on any atom is -0.391 e. The molecule has 6 aromatic rings. The number of ether oxygens (including phenoxy) is 4. The molecule has 0 unspecified atom stereocenters. The topological polar surface area (TPSA) is 251 Å². The van der Waals surface area contributed by atoms with Crippen molar-refractivity contribution in [3.05, 3.63) is 115 Å². The number of nitrogens with one attached hydrogen (secondary N) is 3. The number of aliphatic hydroxyl groups excluding tert-OH is 1. The molecular formula is C54H67ClN12O9S2. The molecule has 0 radical (unpaired) electrons. The molecule has 0 saturated carbocycles. The molecule has 8 rings (SSSR count). The zero-order valence-corrected chi connectivity index (χ0v) is 47.3. The van der Waals surface area contributed by atoms with Crippen molar-refractivity contribution >= 4 is 63.6 Å². The van der Waals surface area contributed by atoms with Gasteiger partial charge in [-0.2, -0.15) is 0 Å². The maximum absolute atomic E-state index is 14.0. The summed E-state index contributed by atoms with van der Waals surface area (Å²) in [7, 11) is 0. The van der Waals surface area contributed by atoms with Crippen LogP contribution in [0.3, 0.4) is 0 Å². The molecule has 2 aliphatic heterocycles. The maximum Gasteiger partial charge on any atom is 0.246 e. The van der Waals surface area contributed by atoms with E-state index in [0.29, 0.717) is 56.1 Å². The number of carbonyl (C=O) groups is 4. The van der Waals surface area contributed by atoms with E-state index in [2.05, 4.69) is 55.3 Å². The number of aliphatic imine (C=N–C) groups is 1. The van der Waals surface area contributed by atoms with Crippen molar-refractivity contribution in [3.63, 3.8) is 0 Å². The molecule has 4 atom stereocenters. The number of aromatic nitrogens is 7. The van der Waals surface area contributed by atoms with E-state index in [1.807, 2.05) is 93.2 Å². The van der Waals surface area contributed by atoms with Gasteiger partial charge in [-0.1, -0.05) is 74.0 Å². The summed E-state index contributed by atoms with van der Waals surface area (Å²) in [6, 6.07) is 13.0. The number of halogens is 1. The summed E-state index contributed by atoms with van der Waals surface area (Å²) in [6.45, 7) is 16.0. The van der Waals surface area contributed by atoms with Gasteiger partial charge in [0.1, 0.15) is 41.3 Å². The van der Waals surface area contributed by atoms with E-state index in [1.54, 1.807) is 33.6 Å². The van der Waals surface area contributed by atoms with E-state index in [9.17, 15) is 24.3 Å². The molecule has 1 fully saturated rings. The standard InChI is InChI=1S/C54H67ClN12O9S2/c1-32-34(3)78-53-46(32)47(37-12-14-39(55)15-13-37)59-42(50-63-61-35(4)67(50)53)25-44(69)56-16-17-65-27-40(62-64-65)29-75-22-20-73-18-19-74-21-23-76-30-45(70)60-49(54(5,6)7)52(72)66-28-41(68)24-43(66)51(71)57-26-36-8-10-38(11-9-36)48-33(2)58-31-77-48/h8-15,27,31,41-43,49,68H,16-26,28-30H2,1-7H3,(H,56,69)(H,57,71)(H,60,70)/t41-,42+,43+,49-/m1/s1. The lowest BCUT2D eigenvalue weighted by atomic mass is 9.85. The van der Waals surface area contributed by atoms with E-state index in [1.165, 1.54) is 9.78 Å². The van der Waals surface area contributed by atoms with E-state index < -0.39 is 41.5 Å². The second-order valence-corrected chi connectivity index (χ2v) is 22.7. The Morgan fingerprint density at radius 1 is 0.859 bits per heavy atom. The molecule has 2 aromatic carbocycles. The predicted octanol–water partition coefficient (Wildman–Crippen LogP) is 5.40. The van der Waals surface area contributed by atoms with Gasteiger partial charge in [0.2, 0.25) is 23.6 Å². The van der Waals surface area contributed by atoms with E-state index >= 15 is 0 Å². The highest BCUT2D eigenvalue weighted by atomic mass is 35.5. The molecular weight excluding hydrogens is 1060 g/mol. The van der Waals surface area contributed by atoms with Gasteiger partial charge in [0.25, 0.3) is 0 Å². The first-order chi connectivity index (χ1) is 37.4. The summed E-state index contributed by atoms with van der Waals surface area (Å²) in [6.07, 6.45) is 1.04. The summed E-state index contributed by atoms with van der Waals surface area (Å²) in [5, 5.41) is 38.1. The summed E-state index contributed by atoms with van der Waals surface area (Å²) >= 11 is 9.47. The summed E-state index contributed by atoms with van der Waals surface area (Å²) in [4.78, 5) is 66.9. The first-order valence-corrected chi connectivity index (χ1v) is 27.9. The number of rotatable bonds is 25. The molecule has 4 aromatic heterocycles. The van der Waals surface area contributed by atoms with Crippen molar-refractivity contribution in [1.29, 1.82) is 0 Å². The number of likely N-dealkylation sites (tertiary alicyclic amines) is 1. The largest absolute Gasteiger partial charge is 0.391 e. The Bertz CT molecular complexity index is 3060. The highest BCUT2D eigenvalue weighted by Crippen LogP contribution is 2.40. The highest BCUT2D eigenvalue weighted by molar-refractivity contribution is 7.15. The van der Waals surface area contributed by atoms with Crippen LogP contribution < -0.4 is 16.0 Å². The van der Waals surface area contributed by atoms with Crippen LogP contribution in [0.15, 0.2) is 65.2 Å². The lowest BCUT2D eigenvalue weighted by Crippen LogP contribution is -2.58. The lowest BCUT2D eigenvalue weighted by Gasteiger charge is -2.35. The van der Waals surface area contributed by atoms with Gasteiger partial charge in [0.15, 0.2) is 5.82 Å².